The van der Waals surface area contributed by atoms with E-state index in [9.17, 15) is 4.79 Å². The highest BCUT2D eigenvalue weighted by Crippen LogP contribution is 2.28. The fourth-order valence-electron chi connectivity index (χ4n) is 2.37. The molecule has 1 unspecified atom stereocenters. The van der Waals surface area contributed by atoms with Gasteiger partial charge in [-0.2, -0.15) is 4.98 Å². The summed E-state index contributed by atoms with van der Waals surface area (Å²) in [6, 6.07) is 12.0. The molecule has 0 saturated heterocycles. The first-order valence-electron chi connectivity index (χ1n) is 9.08. The lowest BCUT2D eigenvalue weighted by Crippen LogP contribution is -2.26. The van der Waals surface area contributed by atoms with Crippen molar-refractivity contribution in [2.24, 2.45) is 5.92 Å². The molecule has 0 aliphatic carbocycles. The summed E-state index contributed by atoms with van der Waals surface area (Å²) in [5.41, 5.74) is 1.21. The van der Waals surface area contributed by atoms with Gasteiger partial charge < -0.3 is 18.6 Å². The van der Waals surface area contributed by atoms with Crippen LogP contribution in [-0.4, -0.2) is 23.7 Å². The largest absolute Gasteiger partial charge is 0.479 e. The van der Waals surface area contributed by atoms with Crippen LogP contribution in [0.2, 0.25) is 5.02 Å². The molecule has 3 rings (SSSR count). The summed E-state index contributed by atoms with van der Waals surface area (Å²) in [5, 5.41) is 0.575. The van der Waals surface area contributed by atoms with Gasteiger partial charge in [-0.15, -0.1) is 0 Å². The Bertz CT molecular complexity index is 936. The number of hydrogen-bond donors (Lipinski definition) is 0. The van der Waals surface area contributed by atoms with Crippen molar-refractivity contribution in [1.82, 2.24) is 4.98 Å². The Morgan fingerprint density at radius 3 is 2.54 bits per heavy atom. The van der Waals surface area contributed by atoms with Crippen LogP contribution in [0.1, 0.15) is 27.2 Å². The Hall–Kier alpha value is -2.73. The Balaban J connectivity index is 1.56. The van der Waals surface area contributed by atoms with Crippen molar-refractivity contribution in [3.63, 3.8) is 0 Å². The number of rotatable bonds is 8. The van der Waals surface area contributed by atoms with Crippen molar-refractivity contribution < 1.29 is 23.4 Å². The van der Waals surface area contributed by atoms with Gasteiger partial charge in [0.25, 0.3) is 0 Å². The molecule has 0 N–H and O–H groups in total. The standard InChI is InChI=1S/C21H22ClNO5/c1-13(2)10-11-25-20(24)14(3)26-16-5-7-17(8-6-16)27-21-23-18-12-15(22)4-9-19(18)28-21/h4-9,12-14H,10-11H2,1-3H3. The van der Waals surface area contributed by atoms with E-state index in [1.165, 1.54) is 0 Å². The Morgan fingerprint density at radius 2 is 1.82 bits per heavy atom. The average molecular weight is 404 g/mol. The Labute approximate surface area is 168 Å². The second kappa shape index (κ2) is 8.97. The van der Waals surface area contributed by atoms with Gasteiger partial charge in [0, 0.05) is 5.02 Å². The van der Waals surface area contributed by atoms with E-state index in [1.807, 2.05) is 0 Å². The van der Waals surface area contributed by atoms with Crippen LogP contribution in [0.5, 0.6) is 17.6 Å². The third-order valence-corrected chi connectivity index (χ3v) is 4.18. The first kappa shape index (κ1) is 20.0. The number of carbonyl (C=O) groups excluding carboxylic acids is 1. The molecule has 1 atom stereocenters. The summed E-state index contributed by atoms with van der Waals surface area (Å²) < 4.78 is 22.0. The molecule has 3 aromatic rings. The quantitative estimate of drug-likeness (QED) is 0.454. The number of benzene rings is 2. The molecule has 6 nitrogen and oxygen atoms in total. The maximum atomic E-state index is 11.9. The molecule has 28 heavy (non-hydrogen) atoms. The summed E-state index contributed by atoms with van der Waals surface area (Å²) in [6.45, 7) is 6.21. The molecule has 7 heteroatoms. The number of oxazole rings is 1. The van der Waals surface area contributed by atoms with E-state index in [4.69, 9.17) is 30.2 Å². The maximum Gasteiger partial charge on any atom is 0.400 e. The molecule has 0 bridgehead atoms. The molecule has 0 aliphatic heterocycles. The second-order valence-electron chi connectivity index (χ2n) is 6.78. The molecule has 0 spiro atoms. The molecule has 148 valence electrons. The van der Waals surface area contributed by atoms with Crippen molar-refractivity contribution in [2.75, 3.05) is 6.61 Å². The van der Waals surface area contributed by atoms with E-state index >= 15 is 0 Å². The van der Waals surface area contributed by atoms with E-state index in [2.05, 4.69) is 18.8 Å². The molecular weight excluding hydrogens is 382 g/mol. The predicted octanol–water partition coefficient (Wildman–Crippen LogP) is 5.63. The lowest BCUT2D eigenvalue weighted by Gasteiger charge is -2.14. The maximum absolute atomic E-state index is 11.9. The fourth-order valence-corrected chi connectivity index (χ4v) is 2.54. The van der Waals surface area contributed by atoms with Crippen LogP contribution in [0.4, 0.5) is 0 Å². The Kier molecular flexibility index (Phi) is 6.41. The molecule has 0 amide bonds. The third kappa shape index (κ3) is 5.39. The molecular formula is C21H22ClNO5. The van der Waals surface area contributed by atoms with Crippen LogP contribution >= 0.6 is 11.6 Å². The van der Waals surface area contributed by atoms with Gasteiger partial charge in [-0.3, -0.25) is 0 Å². The SMILES string of the molecule is CC(C)CCOC(=O)C(C)Oc1ccc(Oc2nc3cc(Cl)ccc3o2)cc1. The molecule has 0 saturated carbocycles. The summed E-state index contributed by atoms with van der Waals surface area (Å²) in [5.74, 6) is 1.16. The zero-order valence-electron chi connectivity index (χ0n) is 16.0. The molecule has 2 aromatic carbocycles. The summed E-state index contributed by atoms with van der Waals surface area (Å²) >= 11 is 5.94. The van der Waals surface area contributed by atoms with Gasteiger partial charge >= 0.3 is 12.0 Å². The highest BCUT2D eigenvalue weighted by molar-refractivity contribution is 6.31. The number of aromatic nitrogens is 1. The summed E-state index contributed by atoms with van der Waals surface area (Å²) in [6.07, 6.45) is 0.251. The van der Waals surface area contributed by atoms with Gasteiger partial charge in [0.2, 0.25) is 0 Å². The first-order valence-corrected chi connectivity index (χ1v) is 9.46. The van der Waals surface area contributed by atoms with E-state index < -0.39 is 6.10 Å². The minimum atomic E-state index is -0.694. The monoisotopic (exact) mass is 403 g/mol. The summed E-state index contributed by atoms with van der Waals surface area (Å²) in [4.78, 5) is 16.2. The van der Waals surface area contributed by atoms with Crippen LogP contribution < -0.4 is 9.47 Å². The number of ether oxygens (including phenoxy) is 3. The number of fused-ring (bicyclic) bond motifs is 1. The lowest BCUT2D eigenvalue weighted by molar-refractivity contribution is -0.151. The zero-order chi connectivity index (χ0) is 20.1. The first-order chi connectivity index (χ1) is 13.4. The molecule has 0 aliphatic rings. The van der Waals surface area contributed by atoms with Crippen molar-refractivity contribution in [1.29, 1.82) is 0 Å². The minimum Gasteiger partial charge on any atom is -0.479 e. The van der Waals surface area contributed by atoms with Gasteiger partial charge in [-0.05, 0) is 61.7 Å². The smallest absolute Gasteiger partial charge is 0.400 e. The van der Waals surface area contributed by atoms with Crippen LogP contribution in [0, 0.1) is 5.92 Å². The van der Waals surface area contributed by atoms with Gasteiger partial charge in [0.1, 0.15) is 17.0 Å². The van der Waals surface area contributed by atoms with Gasteiger partial charge in [-0.25, -0.2) is 4.79 Å². The molecule has 0 radical (unpaired) electrons. The number of carbonyl (C=O) groups is 1. The molecule has 1 heterocycles. The number of hydrogen-bond acceptors (Lipinski definition) is 6. The number of halogens is 1. The van der Waals surface area contributed by atoms with Crippen molar-refractivity contribution >= 4 is 28.7 Å². The second-order valence-corrected chi connectivity index (χ2v) is 7.21. The van der Waals surface area contributed by atoms with E-state index in [0.29, 0.717) is 40.1 Å². The normalized spacial score (nSPS) is 12.2. The third-order valence-electron chi connectivity index (χ3n) is 3.94. The van der Waals surface area contributed by atoms with Gasteiger partial charge in [0.15, 0.2) is 11.7 Å². The zero-order valence-corrected chi connectivity index (χ0v) is 16.7. The number of esters is 1. The average Bonchev–Trinajstić information content (AvgIpc) is 3.04. The van der Waals surface area contributed by atoms with E-state index in [1.54, 1.807) is 49.4 Å². The van der Waals surface area contributed by atoms with E-state index in [-0.39, 0.29) is 12.0 Å². The lowest BCUT2D eigenvalue weighted by atomic mass is 10.1. The van der Waals surface area contributed by atoms with Crippen LogP contribution in [-0.2, 0) is 9.53 Å². The van der Waals surface area contributed by atoms with Crippen LogP contribution in [0.3, 0.4) is 0 Å². The molecule has 1 aromatic heterocycles. The topological polar surface area (TPSA) is 70.8 Å². The van der Waals surface area contributed by atoms with Gasteiger partial charge in [0.05, 0.1) is 6.61 Å². The Morgan fingerprint density at radius 1 is 1.11 bits per heavy atom. The highest BCUT2D eigenvalue weighted by atomic mass is 35.5. The van der Waals surface area contributed by atoms with Crippen molar-refractivity contribution in [2.45, 2.75) is 33.3 Å². The highest BCUT2D eigenvalue weighted by Gasteiger charge is 2.16. The van der Waals surface area contributed by atoms with E-state index in [0.717, 1.165) is 6.42 Å². The fraction of sp³-hybridized carbons (Fsp3) is 0.333. The van der Waals surface area contributed by atoms with Crippen LogP contribution in [0.25, 0.3) is 11.1 Å². The minimum absolute atomic E-state index is 0.119. The number of nitrogens with zero attached hydrogens (tertiary/aromatic N) is 1. The van der Waals surface area contributed by atoms with Gasteiger partial charge in [-0.1, -0.05) is 25.4 Å². The summed E-state index contributed by atoms with van der Waals surface area (Å²) in [7, 11) is 0. The van der Waals surface area contributed by atoms with Crippen LogP contribution in [0.15, 0.2) is 46.9 Å². The molecule has 0 fully saturated rings. The van der Waals surface area contributed by atoms with Crippen molar-refractivity contribution in [3.05, 3.63) is 47.5 Å². The predicted molar refractivity (Wildman–Crippen MR) is 106 cm³/mol. The van der Waals surface area contributed by atoms with Crippen molar-refractivity contribution in [3.8, 4) is 17.6 Å².